The molecule has 0 spiro atoms. The number of amides is 1. The van der Waals surface area contributed by atoms with Gasteiger partial charge < -0.3 is 5.32 Å². The van der Waals surface area contributed by atoms with Crippen molar-refractivity contribution in [2.75, 3.05) is 5.32 Å². The summed E-state index contributed by atoms with van der Waals surface area (Å²) in [5.74, 6) is -0.359. The van der Waals surface area contributed by atoms with Crippen molar-refractivity contribution in [1.82, 2.24) is 0 Å². The second kappa shape index (κ2) is 7.23. The van der Waals surface area contributed by atoms with Crippen molar-refractivity contribution in [2.45, 2.75) is 19.8 Å². The predicted octanol–water partition coefficient (Wildman–Crippen LogP) is 5.25. The molecule has 1 amide bonds. The molecule has 0 aromatic heterocycles. The van der Waals surface area contributed by atoms with Crippen LogP contribution in [0.25, 0.3) is 6.08 Å². The van der Waals surface area contributed by atoms with Crippen LogP contribution in [0.2, 0.25) is 5.02 Å². The Labute approximate surface area is 134 Å². The second-order valence-electron chi connectivity index (χ2n) is 5.23. The van der Waals surface area contributed by atoms with E-state index in [-0.39, 0.29) is 16.5 Å². The number of carbonyl (C=O) groups excluding carboxylic acids is 1. The minimum atomic E-state index is -0.460. The molecule has 0 radical (unpaired) electrons. The highest BCUT2D eigenvalue weighted by Crippen LogP contribution is 2.20. The normalized spacial score (nSPS) is 11.1. The number of anilines is 1. The monoisotopic (exact) mass is 317 g/mol. The first-order valence-corrected chi connectivity index (χ1v) is 7.38. The molecular formula is C18H17ClFNO. The van der Waals surface area contributed by atoms with Gasteiger partial charge in [-0.2, -0.15) is 0 Å². The lowest BCUT2D eigenvalue weighted by atomic mass is 10.0. The smallest absolute Gasteiger partial charge is 0.248 e. The van der Waals surface area contributed by atoms with Crippen molar-refractivity contribution in [1.29, 1.82) is 0 Å². The van der Waals surface area contributed by atoms with Gasteiger partial charge in [-0.05, 0) is 41.8 Å². The Morgan fingerprint density at radius 1 is 1.18 bits per heavy atom. The Kier molecular flexibility index (Phi) is 5.34. The third kappa shape index (κ3) is 4.18. The Bertz CT molecular complexity index is 672. The Morgan fingerprint density at radius 2 is 1.86 bits per heavy atom. The molecule has 0 aliphatic carbocycles. The molecule has 2 nitrogen and oxygen atoms in total. The molecule has 4 heteroatoms. The van der Waals surface area contributed by atoms with Crippen molar-refractivity contribution in [3.63, 3.8) is 0 Å². The zero-order valence-corrected chi connectivity index (χ0v) is 13.2. The Morgan fingerprint density at radius 3 is 2.45 bits per heavy atom. The number of halogens is 2. The van der Waals surface area contributed by atoms with Crippen LogP contribution < -0.4 is 5.32 Å². The van der Waals surface area contributed by atoms with Crippen LogP contribution in [0.4, 0.5) is 10.1 Å². The van der Waals surface area contributed by atoms with E-state index in [2.05, 4.69) is 19.2 Å². The first kappa shape index (κ1) is 16.2. The number of rotatable bonds is 4. The summed E-state index contributed by atoms with van der Waals surface area (Å²) in [6.07, 6.45) is 2.64. The lowest BCUT2D eigenvalue weighted by Gasteiger charge is -2.07. The van der Waals surface area contributed by atoms with Crippen LogP contribution in [-0.2, 0) is 4.79 Å². The lowest BCUT2D eigenvalue weighted by molar-refractivity contribution is -0.111. The molecule has 0 aliphatic heterocycles. The van der Waals surface area contributed by atoms with Gasteiger partial charge in [0, 0.05) is 17.3 Å². The number of nitrogens with one attached hydrogen (secondary N) is 1. The van der Waals surface area contributed by atoms with Crippen LogP contribution in [-0.4, -0.2) is 5.91 Å². The molecule has 0 atom stereocenters. The van der Waals surface area contributed by atoms with Gasteiger partial charge in [-0.3, -0.25) is 4.79 Å². The maximum absolute atomic E-state index is 13.6. The number of hydrogen-bond acceptors (Lipinski definition) is 1. The highest BCUT2D eigenvalue weighted by Gasteiger charge is 2.05. The summed E-state index contributed by atoms with van der Waals surface area (Å²) >= 11 is 5.90. The molecule has 0 unspecified atom stereocenters. The highest BCUT2D eigenvalue weighted by molar-refractivity contribution is 6.32. The maximum Gasteiger partial charge on any atom is 0.248 e. The van der Waals surface area contributed by atoms with Gasteiger partial charge in [-0.25, -0.2) is 4.39 Å². The van der Waals surface area contributed by atoms with E-state index in [0.29, 0.717) is 11.6 Å². The number of benzene rings is 2. The predicted molar refractivity (Wildman–Crippen MR) is 89.6 cm³/mol. The van der Waals surface area contributed by atoms with E-state index in [1.54, 1.807) is 6.07 Å². The molecule has 22 heavy (non-hydrogen) atoms. The zero-order valence-electron chi connectivity index (χ0n) is 12.4. The summed E-state index contributed by atoms with van der Waals surface area (Å²) in [7, 11) is 0. The van der Waals surface area contributed by atoms with E-state index >= 15 is 0 Å². The summed E-state index contributed by atoms with van der Waals surface area (Å²) < 4.78 is 13.6. The molecule has 0 bridgehead atoms. The van der Waals surface area contributed by atoms with Gasteiger partial charge in [-0.1, -0.05) is 43.6 Å². The fourth-order valence-corrected chi connectivity index (χ4v) is 2.19. The van der Waals surface area contributed by atoms with Gasteiger partial charge >= 0.3 is 0 Å². The minimum absolute atomic E-state index is 0.203. The van der Waals surface area contributed by atoms with Crippen molar-refractivity contribution < 1.29 is 9.18 Å². The summed E-state index contributed by atoms with van der Waals surface area (Å²) in [6, 6.07) is 12.0. The van der Waals surface area contributed by atoms with Crippen molar-refractivity contribution in [3.8, 4) is 0 Å². The fourth-order valence-electron chi connectivity index (χ4n) is 1.96. The largest absolute Gasteiger partial charge is 0.323 e. The molecule has 114 valence electrons. The summed E-state index contributed by atoms with van der Waals surface area (Å²) in [5.41, 5.74) is 2.10. The van der Waals surface area contributed by atoms with E-state index < -0.39 is 5.82 Å². The topological polar surface area (TPSA) is 29.1 Å². The molecule has 1 N–H and O–H groups in total. The molecule has 0 fully saturated rings. The summed E-state index contributed by atoms with van der Waals surface area (Å²) in [5, 5.41) is 2.99. The first-order valence-electron chi connectivity index (χ1n) is 7.00. The van der Waals surface area contributed by atoms with Crippen LogP contribution in [0.3, 0.4) is 0 Å². The van der Waals surface area contributed by atoms with Crippen molar-refractivity contribution >= 4 is 29.3 Å². The van der Waals surface area contributed by atoms with Gasteiger partial charge in [0.05, 0.1) is 5.02 Å². The average molecular weight is 318 g/mol. The number of hydrogen-bond donors (Lipinski definition) is 1. The fraction of sp³-hybridized carbons (Fsp3) is 0.167. The number of carbonyl (C=O) groups is 1. The van der Waals surface area contributed by atoms with Gasteiger partial charge in [-0.15, -0.1) is 0 Å². The van der Waals surface area contributed by atoms with E-state index in [9.17, 15) is 9.18 Å². The molecule has 0 heterocycles. The van der Waals surface area contributed by atoms with Gasteiger partial charge in [0.2, 0.25) is 5.91 Å². The van der Waals surface area contributed by atoms with Crippen LogP contribution in [0.15, 0.2) is 48.5 Å². The molecule has 2 aromatic carbocycles. The third-order valence-electron chi connectivity index (χ3n) is 3.25. The molecule has 2 rings (SSSR count). The van der Waals surface area contributed by atoms with Crippen molar-refractivity contribution in [3.05, 3.63) is 70.5 Å². The highest BCUT2D eigenvalue weighted by atomic mass is 35.5. The standard InChI is InChI=1S/C18H17ClFNO/c1-12(2)13-6-8-14(9-7-13)21-18(22)11-10-15-16(19)4-3-5-17(15)20/h3-12H,1-2H3,(H,21,22)/b11-10+. The SMILES string of the molecule is CC(C)c1ccc(NC(=O)/C=C/c2c(F)cccc2Cl)cc1. The lowest BCUT2D eigenvalue weighted by Crippen LogP contribution is -2.07. The van der Waals surface area contributed by atoms with Crippen LogP contribution in [0.1, 0.15) is 30.9 Å². The average Bonchev–Trinajstić information content (AvgIpc) is 2.47. The van der Waals surface area contributed by atoms with Gasteiger partial charge in [0.15, 0.2) is 0 Å². The van der Waals surface area contributed by atoms with Crippen LogP contribution >= 0.6 is 11.6 Å². The Balaban J connectivity index is 2.05. The maximum atomic E-state index is 13.6. The summed E-state index contributed by atoms with van der Waals surface area (Å²) in [4.78, 5) is 11.9. The summed E-state index contributed by atoms with van der Waals surface area (Å²) in [6.45, 7) is 4.21. The quantitative estimate of drug-likeness (QED) is 0.766. The molecule has 0 aliphatic rings. The zero-order chi connectivity index (χ0) is 16.1. The molecule has 2 aromatic rings. The molecule has 0 saturated heterocycles. The van der Waals surface area contributed by atoms with E-state index in [0.717, 1.165) is 0 Å². The van der Waals surface area contributed by atoms with E-state index in [4.69, 9.17) is 11.6 Å². The minimum Gasteiger partial charge on any atom is -0.323 e. The van der Waals surface area contributed by atoms with E-state index in [1.165, 1.54) is 29.8 Å². The van der Waals surface area contributed by atoms with Gasteiger partial charge in [0.1, 0.15) is 5.82 Å². The molecule has 0 saturated carbocycles. The second-order valence-corrected chi connectivity index (χ2v) is 5.64. The van der Waals surface area contributed by atoms with Crippen LogP contribution in [0.5, 0.6) is 0 Å². The van der Waals surface area contributed by atoms with Crippen molar-refractivity contribution in [2.24, 2.45) is 0 Å². The molecular weight excluding hydrogens is 301 g/mol. The third-order valence-corrected chi connectivity index (χ3v) is 3.58. The van der Waals surface area contributed by atoms with Crippen LogP contribution in [0, 0.1) is 5.82 Å². The van der Waals surface area contributed by atoms with E-state index in [1.807, 2.05) is 24.3 Å². The first-order chi connectivity index (χ1) is 10.5. The Hall–Kier alpha value is -2.13. The van der Waals surface area contributed by atoms with Gasteiger partial charge in [0.25, 0.3) is 0 Å².